The standard InChI is InChI=1S/C27H24F2N4O2/c28-23-10-5-11-24(29)22(23)17-25(34)33-14-12-32(13-15-33)18-19-6-4-9-21(16-19)26-30-27(35-31-26)20-7-2-1-3-8-20/h1-11,16H,12-15,17-18H2. The summed E-state index contributed by atoms with van der Waals surface area (Å²) in [5.41, 5.74) is 2.66. The minimum atomic E-state index is -0.686. The molecule has 0 N–H and O–H groups in total. The zero-order chi connectivity index (χ0) is 24.2. The van der Waals surface area contributed by atoms with Gasteiger partial charge in [0.05, 0.1) is 6.42 Å². The van der Waals surface area contributed by atoms with E-state index < -0.39 is 11.6 Å². The van der Waals surface area contributed by atoms with Crippen molar-refractivity contribution in [2.75, 3.05) is 26.2 Å². The number of carbonyl (C=O) groups is 1. The van der Waals surface area contributed by atoms with Gasteiger partial charge in [0.25, 0.3) is 5.89 Å². The third kappa shape index (κ3) is 5.27. The largest absolute Gasteiger partial charge is 0.340 e. The van der Waals surface area contributed by atoms with E-state index >= 15 is 0 Å². The highest BCUT2D eigenvalue weighted by Gasteiger charge is 2.23. The summed E-state index contributed by atoms with van der Waals surface area (Å²) in [4.78, 5) is 21.0. The summed E-state index contributed by atoms with van der Waals surface area (Å²) in [5, 5.41) is 4.13. The quantitative estimate of drug-likeness (QED) is 0.410. The highest BCUT2D eigenvalue weighted by atomic mass is 19.1. The predicted molar refractivity (Wildman–Crippen MR) is 127 cm³/mol. The van der Waals surface area contributed by atoms with Crippen LogP contribution in [0.3, 0.4) is 0 Å². The van der Waals surface area contributed by atoms with Crippen molar-refractivity contribution in [1.29, 1.82) is 0 Å². The Kier molecular flexibility index (Phi) is 6.63. The number of halogens is 2. The average molecular weight is 475 g/mol. The zero-order valence-corrected chi connectivity index (χ0v) is 19.0. The molecule has 0 saturated carbocycles. The first-order chi connectivity index (χ1) is 17.1. The fourth-order valence-corrected chi connectivity index (χ4v) is 4.23. The van der Waals surface area contributed by atoms with Crippen LogP contribution in [0.15, 0.2) is 77.3 Å². The topological polar surface area (TPSA) is 62.5 Å². The molecule has 0 radical (unpaired) electrons. The SMILES string of the molecule is O=C(Cc1c(F)cccc1F)N1CCN(Cc2cccc(-c3noc(-c4ccccc4)n3)c2)CC1. The summed E-state index contributed by atoms with van der Waals surface area (Å²) in [6.07, 6.45) is -0.268. The molecule has 178 valence electrons. The molecular formula is C27H24F2N4O2. The van der Waals surface area contributed by atoms with Crippen LogP contribution in [0.5, 0.6) is 0 Å². The molecule has 6 nitrogen and oxygen atoms in total. The van der Waals surface area contributed by atoms with Crippen LogP contribution in [0.2, 0.25) is 0 Å². The minimum Gasteiger partial charge on any atom is -0.340 e. The van der Waals surface area contributed by atoms with Gasteiger partial charge in [-0.15, -0.1) is 0 Å². The van der Waals surface area contributed by atoms with Gasteiger partial charge in [-0.2, -0.15) is 4.98 Å². The van der Waals surface area contributed by atoms with Gasteiger partial charge in [0.1, 0.15) is 11.6 Å². The van der Waals surface area contributed by atoms with Gasteiger partial charge in [-0.05, 0) is 35.9 Å². The van der Waals surface area contributed by atoms with E-state index in [9.17, 15) is 13.6 Å². The molecule has 1 aliphatic rings. The third-order valence-corrected chi connectivity index (χ3v) is 6.15. The molecular weight excluding hydrogens is 450 g/mol. The molecule has 8 heteroatoms. The van der Waals surface area contributed by atoms with Crippen molar-refractivity contribution in [2.24, 2.45) is 0 Å². The molecule has 3 aromatic carbocycles. The van der Waals surface area contributed by atoms with Crippen molar-refractivity contribution in [2.45, 2.75) is 13.0 Å². The molecule has 1 fully saturated rings. The van der Waals surface area contributed by atoms with Gasteiger partial charge in [0.2, 0.25) is 11.7 Å². The van der Waals surface area contributed by atoms with Crippen LogP contribution in [0.1, 0.15) is 11.1 Å². The fourth-order valence-electron chi connectivity index (χ4n) is 4.23. The molecule has 0 aliphatic carbocycles. The van der Waals surface area contributed by atoms with E-state index in [0.29, 0.717) is 44.4 Å². The summed E-state index contributed by atoms with van der Waals surface area (Å²) in [7, 11) is 0. The number of carbonyl (C=O) groups excluding carboxylic acids is 1. The molecule has 0 atom stereocenters. The van der Waals surface area contributed by atoms with Crippen LogP contribution in [0.25, 0.3) is 22.8 Å². The maximum absolute atomic E-state index is 13.9. The van der Waals surface area contributed by atoms with E-state index in [2.05, 4.69) is 15.0 Å². The van der Waals surface area contributed by atoms with Gasteiger partial charge in [-0.1, -0.05) is 47.6 Å². The number of aromatic nitrogens is 2. The Morgan fingerprint density at radius 2 is 1.54 bits per heavy atom. The monoisotopic (exact) mass is 474 g/mol. The molecule has 1 amide bonds. The molecule has 4 aromatic rings. The van der Waals surface area contributed by atoms with Gasteiger partial charge >= 0.3 is 0 Å². The Morgan fingerprint density at radius 3 is 2.29 bits per heavy atom. The van der Waals surface area contributed by atoms with Crippen LogP contribution in [0.4, 0.5) is 8.78 Å². The molecule has 35 heavy (non-hydrogen) atoms. The smallest absolute Gasteiger partial charge is 0.258 e. The van der Waals surface area contributed by atoms with Gasteiger partial charge in [0, 0.05) is 49.4 Å². The second-order valence-corrected chi connectivity index (χ2v) is 8.52. The van der Waals surface area contributed by atoms with E-state index in [-0.39, 0.29) is 17.9 Å². The molecule has 2 heterocycles. The number of hydrogen-bond acceptors (Lipinski definition) is 5. The second kappa shape index (κ2) is 10.1. The minimum absolute atomic E-state index is 0.173. The van der Waals surface area contributed by atoms with E-state index in [1.54, 1.807) is 4.90 Å². The van der Waals surface area contributed by atoms with Crippen molar-refractivity contribution in [1.82, 2.24) is 19.9 Å². The Balaban J connectivity index is 1.18. The summed E-state index contributed by atoms with van der Waals surface area (Å²) in [6, 6.07) is 21.3. The fraction of sp³-hybridized carbons (Fsp3) is 0.222. The van der Waals surface area contributed by atoms with Crippen LogP contribution in [0, 0.1) is 11.6 Å². The maximum atomic E-state index is 13.9. The van der Waals surface area contributed by atoms with Crippen molar-refractivity contribution in [3.63, 3.8) is 0 Å². The van der Waals surface area contributed by atoms with Gasteiger partial charge < -0.3 is 9.42 Å². The van der Waals surface area contributed by atoms with E-state index in [1.807, 2.05) is 54.6 Å². The highest BCUT2D eigenvalue weighted by molar-refractivity contribution is 5.79. The number of rotatable bonds is 6. The first-order valence-corrected chi connectivity index (χ1v) is 11.5. The van der Waals surface area contributed by atoms with Crippen molar-refractivity contribution in [3.05, 3.63) is 95.6 Å². The van der Waals surface area contributed by atoms with Crippen molar-refractivity contribution < 1.29 is 18.1 Å². The Morgan fingerprint density at radius 1 is 0.857 bits per heavy atom. The normalized spacial score (nSPS) is 14.3. The van der Waals surface area contributed by atoms with Crippen LogP contribution < -0.4 is 0 Å². The molecule has 0 unspecified atom stereocenters. The van der Waals surface area contributed by atoms with Crippen molar-refractivity contribution in [3.8, 4) is 22.8 Å². The number of benzene rings is 3. The second-order valence-electron chi connectivity index (χ2n) is 8.52. The van der Waals surface area contributed by atoms with Crippen LogP contribution in [-0.2, 0) is 17.8 Å². The number of nitrogens with zero attached hydrogens (tertiary/aromatic N) is 4. The first kappa shape index (κ1) is 22.9. The van der Waals surface area contributed by atoms with E-state index in [4.69, 9.17) is 4.52 Å². The highest BCUT2D eigenvalue weighted by Crippen LogP contribution is 2.23. The van der Waals surface area contributed by atoms with Gasteiger partial charge in [-0.25, -0.2) is 8.78 Å². The molecule has 1 aliphatic heterocycles. The Labute approximate surface area is 201 Å². The van der Waals surface area contributed by atoms with Crippen LogP contribution in [-0.4, -0.2) is 52.0 Å². The van der Waals surface area contributed by atoms with E-state index in [0.717, 1.165) is 16.7 Å². The molecule has 0 bridgehead atoms. The number of piperazine rings is 1. The summed E-state index contributed by atoms with van der Waals surface area (Å²) >= 11 is 0. The lowest BCUT2D eigenvalue weighted by molar-refractivity contribution is -0.132. The lowest BCUT2D eigenvalue weighted by Crippen LogP contribution is -2.48. The average Bonchev–Trinajstić information content (AvgIpc) is 3.38. The van der Waals surface area contributed by atoms with E-state index in [1.165, 1.54) is 18.2 Å². The predicted octanol–water partition coefficient (Wildman–Crippen LogP) is 4.57. The molecule has 5 rings (SSSR count). The Hall–Kier alpha value is -3.91. The molecule has 1 aromatic heterocycles. The van der Waals surface area contributed by atoms with Crippen molar-refractivity contribution >= 4 is 5.91 Å². The summed E-state index contributed by atoms with van der Waals surface area (Å²) in [5.74, 6) is -0.630. The summed E-state index contributed by atoms with van der Waals surface area (Å²) in [6.45, 7) is 3.09. The van der Waals surface area contributed by atoms with Gasteiger partial charge in [-0.3, -0.25) is 9.69 Å². The number of hydrogen-bond donors (Lipinski definition) is 0. The maximum Gasteiger partial charge on any atom is 0.258 e. The zero-order valence-electron chi connectivity index (χ0n) is 19.0. The summed E-state index contributed by atoms with van der Waals surface area (Å²) < 4.78 is 33.2. The van der Waals surface area contributed by atoms with Gasteiger partial charge in [0.15, 0.2) is 0 Å². The number of amides is 1. The van der Waals surface area contributed by atoms with Crippen LogP contribution >= 0.6 is 0 Å². The molecule has 0 spiro atoms. The lowest BCUT2D eigenvalue weighted by atomic mass is 10.1. The lowest BCUT2D eigenvalue weighted by Gasteiger charge is -2.35. The first-order valence-electron chi connectivity index (χ1n) is 11.5. The Bertz CT molecular complexity index is 1300. The molecule has 1 saturated heterocycles. The third-order valence-electron chi connectivity index (χ3n) is 6.15.